The van der Waals surface area contributed by atoms with E-state index in [0.29, 0.717) is 13.2 Å². The quantitative estimate of drug-likeness (QED) is 0.694. The van der Waals surface area contributed by atoms with Crippen molar-refractivity contribution in [3.63, 3.8) is 0 Å². The van der Waals surface area contributed by atoms with Crippen molar-refractivity contribution in [3.05, 3.63) is 29.8 Å². The summed E-state index contributed by atoms with van der Waals surface area (Å²) in [5.41, 5.74) is -0.252. The lowest BCUT2D eigenvalue weighted by molar-refractivity contribution is -0.144. The first kappa shape index (κ1) is 19.0. The van der Waals surface area contributed by atoms with Crippen LogP contribution in [0.25, 0.3) is 0 Å². The molecule has 1 rings (SSSR count). The van der Waals surface area contributed by atoms with E-state index < -0.39 is 23.5 Å². The highest BCUT2D eigenvalue weighted by Gasteiger charge is 2.16. The van der Waals surface area contributed by atoms with Crippen molar-refractivity contribution in [1.82, 2.24) is 4.90 Å². The number of methoxy groups -OCH3 is 1. The summed E-state index contributed by atoms with van der Waals surface area (Å²) in [5, 5.41) is 2.27. The van der Waals surface area contributed by atoms with Crippen LogP contribution >= 0.6 is 0 Å². The zero-order valence-corrected chi connectivity index (χ0v) is 13.1. The predicted octanol–water partition coefficient (Wildman–Crippen LogP) is 1.41. The largest absolute Gasteiger partial charge is 0.465 e. The van der Waals surface area contributed by atoms with Crippen LogP contribution in [0.4, 0.5) is 14.5 Å². The van der Waals surface area contributed by atoms with E-state index in [2.05, 4.69) is 5.32 Å². The van der Waals surface area contributed by atoms with Crippen LogP contribution in [0.15, 0.2) is 18.2 Å². The first-order valence-electron chi connectivity index (χ1n) is 7.08. The van der Waals surface area contributed by atoms with E-state index in [1.807, 2.05) is 0 Å². The van der Waals surface area contributed by atoms with Gasteiger partial charge in [-0.15, -0.1) is 0 Å². The smallest absolute Gasteiger partial charge is 0.320 e. The van der Waals surface area contributed by atoms with Crippen LogP contribution in [0.5, 0.6) is 0 Å². The second-order valence-corrected chi connectivity index (χ2v) is 4.68. The van der Waals surface area contributed by atoms with Gasteiger partial charge in [-0.1, -0.05) is 0 Å². The molecule has 0 saturated heterocycles. The molecule has 23 heavy (non-hydrogen) atoms. The third-order valence-electron chi connectivity index (χ3n) is 2.84. The van der Waals surface area contributed by atoms with Gasteiger partial charge in [0, 0.05) is 19.7 Å². The lowest BCUT2D eigenvalue weighted by atomic mass is 10.3. The molecule has 0 heterocycles. The molecule has 0 radical (unpaired) electrons. The molecule has 0 unspecified atom stereocenters. The van der Waals surface area contributed by atoms with Crippen LogP contribution in [-0.4, -0.2) is 56.7 Å². The predicted molar refractivity (Wildman–Crippen MR) is 79.9 cm³/mol. The number of halogens is 2. The summed E-state index contributed by atoms with van der Waals surface area (Å²) in [6, 6.07) is 2.76. The minimum atomic E-state index is -0.742. The highest BCUT2D eigenvalue weighted by molar-refractivity contribution is 5.92. The maximum atomic E-state index is 13.5. The average molecular weight is 330 g/mol. The Morgan fingerprint density at radius 3 is 2.65 bits per heavy atom. The van der Waals surface area contributed by atoms with Gasteiger partial charge in [0.25, 0.3) is 0 Å². The maximum Gasteiger partial charge on any atom is 0.320 e. The summed E-state index contributed by atoms with van der Waals surface area (Å²) in [6.07, 6.45) is 0. The van der Waals surface area contributed by atoms with Gasteiger partial charge < -0.3 is 14.8 Å². The van der Waals surface area contributed by atoms with Crippen molar-refractivity contribution in [2.45, 2.75) is 6.92 Å². The van der Waals surface area contributed by atoms with Crippen molar-refractivity contribution in [2.75, 3.05) is 45.3 Å². The molecule has 0 aliphatic rings. The number of ether oxygens (including phenoxy) is 2. The van der Waals surface area contributed by atoms with Gasteiger partial charge in [0.05, 0.1) is 32.0 Å². The van der Waals surface area contributed by atoms with E-state index in [1.54, 1.807) is 6.92 Å². The van der Waals surface area contributed by atoms with Crippen LogP contribution in [-0.2, 0) is 19.1 Å². The first-order chi connectivity index (χ1) is 11.0. The Bertz CT molecular complexity index is 540. The summed E-state index contributed by atoms with van der Waals surface area (Å²) >= 11 is 0. The number of nitrogens with one attached hydrogen (secondary N) is 1. The van der Waals surface area contributed by atoms with E-state index in [9.17, 15) is 18.4 Å². The maximum absolute atomic E-state index is 13.5. The highest BCUT2D eigenvalue weighted by Crippen LogP contribution is 2.15. The fourth-order valence-electron chi connectivity index (χ4n) is 1.81. The minimum absolute atomic E-state index is 0.101. The van der Waals surface area contributed by atoms with E-state index in [-0.39, 0.29) is 25.4 Å². The number of esters is 1. The minimum Gasteiger partial charge on any atom is -0.465 e. The number of hydrogen-bond acceptors (Lipinski definition) is 5. The first-order valence-corrected chi connectivity index (χ1v) is 7.08. The van der Waals surface area contributed by atoms with Crippen LogP contribution in [0.1, 0.15) is 6.92 Å². The Balaban J connectivity index is 2.64. The molecule has 0 aromatic heterocycles. The van der Waals surface area contributed by atoms with E-state index in [0.717, 1.165) is 18.2 Å². The van der Waals surface area contributed by atoms with Gasteiger partial charge in [0.2, 0.25) is 5.91 Å². The molecule has 0 saturated carbocycles. The Hall–Kier alpha value is -2.06. The number of rotatable bonds is 9. The van der Waals surface area contributed by atoms with Crippen molar-refractivity contribution in [1.29, 1.82) is 0 Å². The normalized spacial score (nSPS) is 10.7. The van der Waals surface area contributed by atoms with Crippen molar-refractivity contribution in [3.8, 4) is 0 Å². The SMILES string of the molecule is CCOC(=O)CN(CCOC)CC(=O)Nc1cc(F)ccc1F. The van der Waals surface area contributed by atoms with Gasteiger partial charge >= 0.3 is 5.97 Å². The molecule has 0 spiro atoms. The third-order valence-corrected chi connectivity index (χ3v) is 2.84. The molecule has 0 bridgehead atoms. The Kier molecular flexibility index (Phi) is 8.14. The molecule has 0 fully saturated rings. The van der Waals surface area contributed by atoms with Crippen LogP contribution in [0.3, 0.4) is 0 Å². The highest BCUT2D eigenvalue weighted by atomic mass is 19.1. The standard InChI is InChI=1S/C15H20F2N2O4/c1-3-23-15(21)10-19(6-7-22-2)9-14(20)18-13-8-11(16)4-5-12(13)17/h4-5,8H,3,6-7,9-10H2,1-2H3,(H,18,20). The number of nitrogens with zero attached hydrogens (tertiary/aromatic N) is 1. The topological polar surface area (TPSA) is 67.9 Å². The van der Waals surface area contributed by atoms with Crippen LogP contribution in [0, 0.1) is 11.6 Å². The molecule has 1 N–H and O–H groups in total. The molecular formula is C15H20F2N2O4. The van der Waals surface area contributed by atoms with Crippen LogP contribution < -0.4 is 5.32 Å². The van der Waals surface area contributed by atoms with Gasteiger partial charge in [0.1, 0.15) is 11.6 Å². The van der Waals surface area contributed by atoms with E-state index >= 15 is 0 Å². The van der Waals surface area contributed by atoms with Crippen molar-refractivity contribution >= 4 is 17.6 Å². The Labute approximate surface area is 133 Å². The van der Waals surface area contributed by atoms with E-state index in [1.165, 1.54) is 12.0 Å². The molecule has 1 amide bonds. The lowest BCUT2D eigenvalue weighted by Crippen LogP contribution is -2.39. The second kappa shape index (κ2) is 9.86. The van der Waals surface area contributed by atoms with Gasteiger partial charge in [0.15, 0.2) is 0 Å². The van der Waals surface area contributed by atoms with E-state index in [4.69, 9.17) is 9.47 Å². The summed E-state index contributed by atoms with van der Waals surface area (Å²) in [6.45, 7) is 2.25. The molecular weight excluding hydrogens is 310 g/mol. The molecule has 1 aromatic carbocycles. The van der Waals surface area contributed by atoms with Crippen LogP contribution in [0.2, 0.25) is 0 Å². The molecule has 0 atom stereocenters. The summed E-state index contributed by atoms with van der Waals surface area (Å²) in [7, 11) is 1.49. The molecule has 8 heteroatoms. The molecule has 6 nitrogen and oxygen atoms in total. The zero-order chi connectivity index (χ0) is 17.2. The third kappa shape index (κ3) is 7.16. The zero-order valence-electron chi connectivity index (χ0n) is 13.1. The van der Waals surface area contributed by atoms with Crippen molar-refractivity contribution < 1.29 is 27.8 Å². The summed E-state index contributed by atoms with van der Waals surface area (Å²) in [4.78, 5) is 25.0. The Morgan fingerprint density at radius 1 is 1.26 bits per heavy atom. The summed E-state index contributed by atoms with van der Waals surface area (Å²) < 4.78 is 36.3. The van der Waals surface area contributed by atoms with Gasteiger partial charge in [-0.3, -0.25) is 14.5 Å². The molecule has 128 valence electrons. The van der Waals surface area contributed by atoms with Crippen molar-refractivity contribution in [2.24, 2.45) is 0 Å². The lowest BCUT2D eigenvalue weighted by Gasteiger charge is -2.20. The van der Waals surface area contributed by atoms with Gasteiger partial charge in [-0.05, 0) is 19.1 Å². The molecule has 0 aliphatic heterocycles. The number of carbonyl (C=O) groups excluding carboxylic acids is 2. The number of carbonyl (C=O) groups is 2. The summed E-state index contributed by atoms with van der Waals surface area (Å²) in [5.74, 6) is -2.46. The average Bonchev–Trinajstić information content (AvgIpc) is 2.48. The second-order valence-electron chi connectivity index (χ2n) is 4.68. The van der Waals surface area contributed by atoms with Gasteiger partial charge in [-0.25, -0.2) is 8.78 Å². The monoisotopic (exact) mass is 330 g/mol. The number of amides is 1. The fourth-order valence-corrected chi connectivity index (χ4v) is 1.81. The number of hydrogen-bond donors (Lipinski definition) is 1. The Morgan fingerprint density at radius 2 is 2.00 bits per heavy atom. The molecule has 1 aromatic rings. The van der Waals surface area contributed by atoms with Gasteiger partial charge in [-0.2, -0.15) is 0 Å². The number of anilines is 1. The fraction of sp³-hybridized carbons (Fsp3) is 0.467. The number of benzene rings is 1. The molecule has 0 aliphatic carbocycles.